The molecule has 172 valence electrons. The number of Topliss-reactive ketones (excluding diaryl/α,β-unsaturated/α-hetero) is 1. The summed E-state index contributed by atoms with van der Waals surface area (Å²) in [6, 6.07) is 0. The largest absolute Gasteiger partial charge is 0.505 e. The number of hydrogen-bond acceptors (Lipinski definition) is 6. The molecular weight excluding hydrogens is 418 g/mol. The van der Waals surface area contributed by atoms with Gasteiger partial charge < -0.3 is 10.4 Å². The van der Waals surface area contributed by atoms with Gasteiger partial charge in [0.1, 0.15) is 5.76 Å². The first-order chi connectivity index (χ1) is 14.3. The molecule has 0 saturated heterocycles. The lowest BCUT2D eigenvalue weighted by atomic mass is 9.46. The molecule has 0 radical (unpaired) electrons. The molecule has 31 heavy (non-hydrogen) atoms. The number of fused-ring (bicyclic) bond motifs is 1. The van der Waals surface area contributed by atoms with Crippen LogP contribution in [0, 0.1) is 22.7 Å². The number of aliphatic hydroxyl groups excluding tert-OH is 1. The molecule has 0 aromatic rings. The van der Waals surface area contributed by atoms with Crippen molar-refractivity contribution in [2.24, 2.45) is 22.7 Å². The Morgan fingerprint density at radius 1 is 1.23 bits per heavy atom. The lowest BCUT2D eigenvalue weighted by Gasteiger charge is -2.58. The molecule has 0 heterocycles. The van der Waals surface area contributed by atoms with Gasteiger partial charge >= 0.3 is 0 Å². The summed E-state index contributed by atoms with van der Waals surface area (Å²) in [4.78, 5) is 25.1. The van der Waals surface area contributed by atoms with Crippen molar-refractivity contribution in [2.75, 3.05) is 12.3 Å². The van der Waals surface area contributed by atoms with Crippen LogP contribution in [-0.2, 0) is 19.7 Å². The van der Waals surface area contributed by atoms with Crippen LogP contribution >= 0.6 is 0 Å². The van der Waals surface area contributed by atoms with Gasteiger partial charge in [0.2, 0.25) is 11.6 Å². The summed E-state index contributed by atoms with van der Waals surface area (Å²) in [5.41, 5.74) is 1.24. The van der Waals surface area contributed by atoms with E-state index in [2.05, 4.69) is 39.1 Å². The Bertz CT molecular complexity index is 992. The highest BCUT2D eigenvalue weighted by molar-refractivity contribution is 7.85. The molecule has 4 unspecified atom stereocenters. The molecule has 3 aliphatic rings. The van der Waals surface area contributed by atoms with Gasteiger partial charge in [-0.15, -0.1) is 0 Å². The van der Waals surface area contributed by atoms with Crippen LogP contribution in [0.15, 0.2) is 34.8 Å². The highest BCUT2D eigenvalue weighted by atomic mass is 32.2. The summed E-state index contributed by atoms with van der Waals surface area (Å²) in [7, 11) is -4.19. The van der Waals surface area contributed by atoms with Gasteiger partial charge in [-0.3, -0.25) is 14.1 Å². The molecule has 0 amide bonds. The first-order valence-corrected chi connectivity index (χ1v) is 12.5. The fraction of sp³-hybridized carbons (Fsp3) is 0.652. The van der Waals surface area contributed by atoms with Crippen molar-refractivity contribution in [1.82, 2.24) is 5.32 Å². The Morgan fingerprint density at radius 2 is 1.90 bits per heavy atom. The van der Waals surface area contributed by atoms with Gasteiger partial charge in [-0.1, -0.05) is 32.4 Å². The topological polar surface area (TPSA) is 121 Å². The third-order valence-corrected chi connectivity index (χ3v) is 8.86. The van der Waals surface area contributed by atoms with Crippen molar-refractivity contribution in [2.45, 2.75) is 59.8 Å². The summed E-state index contributed by atoms with van der Waals surface area (Å²) in [5, 5.41) is 13.5. The third kappa shape index (κ3) is 4.37. The number of hydrogen-bond donors (Lipinski definition) is 3. The Kier molecular flexibility index (Phi) is 6.28. The number of aliphatic hydroxyl groups is 1. The van der Waals surface area contributed by atoms with E-state index in [1.807, 2.05) is 0 Å². The van der Waals surface area contributed by atoms with E-state index < -0.39 is 27.4 Å². The summed E-state index contributed by atoms with van der Waals surface area (Å²) >= 11 is 0. The minimum absolute atomic E-state index is 0.0257. The van der Waals surface area contributed by atoms with Crippen LogP contribution in [0.4, 0.5) is 0 Å². The summed E-state index contributed by atoms with van der Waals surface area (Å²) in [6.45, 7) is 8.62. The first-order valence-electron chi connectivity index (χ1n) is 10.9. The van der Waals surface area contributed by atoms with Gasteiger partial charge in [-0.25, -0.2) is 0 Å². The van der Waals surface area contributed by atoms with Gasteiger partial charge in [0, 0.05) is 18.2 Å². The molecule has 8 heteroatoms. The molecule has 1 saturated carbocycles. The van der Waals surface area contributed by atoms with Crippen LogP contribution < -0.4 is 5.32 Å². The fourth-order valence-electron chi connectivity index (χ4n) is 5.89. The second kappa shape index (κ2) is 8.20. The van der Waals surface area contributed by atoms with E-state index in [1.165, 1.54) is 5.57 Å². The minimum atomic E-state index is -4.19. The van der Waals surface area contributed by atoms with Gasteiger partial charge in [0.05, 0.1) is 11.4 Å². The van der Waals surface area contributed by atoms with Crippen molar-refractivity contribution in [3.05, 3.63) is 34.8 Å². The van der Waals surface area contributed by atoms with E-state index in [-0.39, 0.29) is 40.8 Å². The number of allylic oxidation sites excluding steroid dienone is 4. The van der Waals surface area contributed by atoms with Crippen LogP contribution in [0.2, 0.25) is 0 Å². The van der Waals surface area contributed by atoms with Crippen molar-refractivity contribution in [1.29, 1.82) is 0 Å². The molecular formula is C23H33NO6S. The molecule has 4 atom stereocenters. The minimum Gasteiger partial charge on any atom is -0.505 e. The highest BCUT2D eigenvalue weighted by Crippen LogP contribution is 2.62. The summed E-state index contributed by atoms with van der Waals surface area (Å²) in [6.07, 6.45) is 7.65. The number of ketones is 2. The molecule has 0 aromatic carbocycles. The summed E-state index contributed by atoms with van der Waals surface area (Å²) in [5.74, 6) is -1.70. The molecule has 3 rings (SSSR count). The SMILES string of the molecule is CC1=CCCC2C1(C)CCC(C)C2(C)CC1=C(O)C(NCCS(=O)(=O)O)=CC(=O)C1=O. The second-order valence-electron chi connectivity index (χ2n) is 9.85. The lowest BCUT2D eigenvalue weighted by molar-refractivity contribution is -0.132. The second-order valence-corrected chi connectivity index (χ2v) is 11.4. The van der Waals surface area contributed by atoms with E-state index in [0.29, 0.717) is 11.8 Å². The monoisotopic (exact) mass is 451 g/mol. The molecule has 3 N–H and O–H groups in total. The van der Waals surface area contributed by atoms with Crippen molar-refractivity contribution < 1.29 is 27.7 Å². The van der Waals surface area contributed by atoms with E-state index in [4.69, 9.17) is 4.55 Å². The van der Waals surface area contributed by atoms with Gasteiger partial charge in [-0.2, -0.15) is 8.42 Å². The molecule has 0 spiro atoms. The first kappa shape index (κ1) is 23.7. The van der Waals surface area contributed by atoms with Crippen LogP contribution in [0.3, 0.4) is 0 Å². The Balaban J connectivity index is 1.93. The van der Waals surface area contributed by atoms with Crippen LogP contribution in [-0.4, -0.2) is 41.9 Å². The standard InChI is InChI=1S/C23H33NO6S/c1-14-6-5-7-19-22(14,3)9-8-15(2)23(19,4)13-16-20(26)17(12-18(25)21(16)27)24-10-11-31(28,29)30/h6,12,15,19,24,26H,5,7-11,13H2,1-4H3,(H,28,29,30). The summed E-state index contributed by atoms with van der Waals surface area (Å²) < 4.78 is 30.8. The average Bonchev–Trinajstić information content (AvgIpc) is 2.67. The molecule has 3 aliphatic carbocycles. The normalized spacial score (nSPS) is 34.2. The zero-order chi connectivity index (χ0) is 23.2. The number of nitrogens with one attached hydrogen (secondary N) is 1. The number of carbonyl (C=O) groups is 2. The van der Waals surface area contributed by atoms with E-state index in [0.717, 1.165) is 31.8 Å². The molecule has 0 bridgehead atoms. The van der Waals surface area contributed by atoms with Crippen molar-refractivity contribution >= 4 is 21.7 Å². The maximum atomic E-state index is 12.8. The predicted molar refractivity (Wildman–Crippen MR) is 118 cm³/mol. The highest BCUT2D eigenvalue weighted by Gasteiger charge is 2.54. The van der Waals surface area contributed by atoms with E-state index >= 15 is 0 Å². The number of carbonyl (C=O) groups excluding carboxylic acids is 2. The van der Waals surface area contributed by atoms with Crippen molar-refractivity contribution in [3.8, 4) is 0 Å². The lowest BCUT2D eigenvalue weighted by Crippen LogP contribution is -2.50. The van der Waals surface area contributed by atoms with Gasteiger partial charge in [-0.05, 0) is 61.7 Å². The Hall–Kier alpha value is -1.93. The zero-order valence-corrected chi connectivity index (χ0v) is 19.5. The smallest absolute Gasteiger partial charge is 0.266 e. The van der Waals surface area contributed by atoms with Crippen LogP contribution in [0.25, 0.3) is 0 Å². The van der Waals surface area contributed by atoms with Crippen LogP contribution in [0.1, 0.15) is 59.8 Å². The maximum Gasteiger partial charge on any atom is 0.266 e. The molecule has 0 aliphatic heterocycles. The molecule has 0 aromatic heterocycles. The fourth-order valence-corrected chi connectivity index (χ4v) is 6.25. The number of rotatable bonds is 6. The average molecular weight is 452 g/mol. The van der Waals surface area contributed by atoms with Crippen molar-refractivity contribution in [3.63, 3.8) is 0 Å². The zero-order valence-electron chi connectivity index (χ0n) is 18.7. The van der Waals surface area contributed by atoms with Crippen LogP contribution in [0.5, 0.6) is 0 Å². The van der Waals surface area contributed by atoms with Gasteiger partial charge in [0.15, 0.2) is 0 Å². The maximum absolute atomic E-state index is 12.8. The molecule has 7 nitrogen and oxygen atoms in total. The van der Waals surface area contributed by atoms with Gasteiger partial charge in [0.25, 0.3) is 10.1 Å². The Morgan fingerprint density at radius 3 is 2.55 bits per heavy atom. The molecule has 1 fully saturated rings. The van der Waals surface area contributed by atoms with E-state index in [9.17, 15) is 23.1 Å². The predicted octanol–water partition coefficient (Wildman–Crippen LogP) is 3.50. The Labute approximate surface area is 184 Å². The third-order valence-electron chi connectivity index (χ3n) is 8.14. The quantitative estimate of drug-likeness (QED) is 0.245. The van der Waals surface area contributed by atoms with E-state index in [1.54, 1.807) is 0 Å².